The summed E-state index contributed by atoms with van der Waals surface area (Å²) < 4.78 is 2.20. The predicted molar refractivity (Wildman–Crippen MR) is 155 cm³/mol. The van der Waals surface area contributed by atoms with Crippen LogP contribution in [0.1, 0.15) is 56.9 Å². The minimum Gasteiger partial charge on any atom is -0.347 e. The number of nitrogens with one attached hydrogen (secondary N) is 2. The first-order valence-electron chi connectivity index (χ1n) is 13.8. The molecule has 2 aromatic carbocycles. The van der Waals surface area contributed by atoms with E-state index in [2.05, 4.69) is 38.3 Å². The predicted octanol–water partition coefficient (Wildman–Crippen LogP) is 4.11. The van der Waals surface area contributed by atoms with Gasteiger partial charge in [0.15, 0.2) is 0 Å². The topological polar surface area (TPSA) is 89.9 Å². The van der Waals surface area contributed by atoms with Crippen molar-refractivity contribution < 1.29 is 14.4 Å². The molecular weight excluding hydrogens is 504 g/mol. The smallest absolute Gasteiger partial charge is 0.321 e. The molecule has 210 valence electrons. The van der Waals surface area contributed by atoms with Crippen LogP contribution in [0.2, 0.25) is 0 Å². The molecule has 1 saturated carbocycles. The van der Waals surface area contributed by atoms with Crippen LogP contribution in [0.3, 0.4) is 0 Å². The van der Waals surface area contributed by atoms with Gasteiger partial charge < -0.3 is 25.0 Å². The molecule has 2 heterocycles. The van der Waals surface area contributed by atoms with Gasteiger partial charge in [0.1, 0.15) is 5.69 Å². The van der Waals surface area contributed by atoms with Crippen LogP contribution in [0.25, 0.3) is 0 Å². The Kier molecular flexibility index (Phi) is 7.67. The van der Waals surface area contributed by atoms with E-state index in [0.717, 1.165) is 38.0 Å². The lowest BCUT2D eigenvalue weighted by Gasteiger charge is -2.53. The number of amides is 4. The van der Waals surface area contributed by atoms with Crippen molar-refractivity contribution in [3.63, 3.8) is 0 Å². The highest BCUT2D eigenvalue weighted by molar-refractivity contribution is 5.94. The van der Waals surface area contributed by atoms with Crippen LogP contribution < -0.4 is 10.6 Å². The molecule has 1 fully saturated rings. The van der Waals surface area contributed by atoms with Crippen molar-refractivity contribution in [3.05, 3.63) is 88.7 Å². The lowest BCUT2D eigenvalue weighted by molar-refractivity contribution is -0.0217. The van der Waals surface area contributed by atoms with Crippen molar-refractivity contribution >= 4 is 23.5 Å². The first kappa shape index (κ1) is 27.5. The fraction of sp³-hybridized carbons (Fsp3) is 0.387. The summed E-state index contributed by atoms with van der Waals surface area (Å²) in [6.07, 6.45) is 3.32. The minimum atomic E-state index is -0.184. The van der Waals surface area contributed by atoms with Gasteiger partial charge in [-0.05, 0) is 66.8 Å². The van der Waals surface area contributed by atoms with E-state index in [1.165, 1.54) is 22.6 Å². The maximum atomic E-state index is 13.2. The van der Waals surface area contributed by atoms with Crippen molar-refractivity contribution in [2.24, 2.45) is 0 Å². The van der Waals surface area contributed by atoms with Gasteiger partial charge in [-0.15, -0.1) is 0 Å². The Bertz CT molecular complexity index is 1390. The Labute approximate surface area is 235 Å². The van der Waals surface area contributed by atoms with Crippen molar-refractivity contribution in [2.75, 3.05) is 40.1 Å². The van der Waals surface area contributed by atoms with Crippen molar-refractivity contribution in [1.29, 1.82) is 0 Å². The summed E-state index contributed by atoms with van der Waals surface area (Å²) in [7, 11) is 6.92. The number of nitrogens with zero attached hydrogens (tertiary/aromatic N) is 4. The Hall–Kier alpha value is -4.11. The molecule has 0 atom stereocenters. The SMILES string of the molecule is CN(C)C(=O)Nc1ccc(CNC(=O)c2ccc3n2CCN(Cc2ccc(C(=O)N(C)C)cc2)C32CCC2)cc1. The second kappa shape index (κ2) is 11.2. The third-order valence-corrected chi connectivity index (χ3v) is 8.11. The number of anilines is 1. The maximum Gasteiger partial charge on any atom is 0.321 e. The zero-order valence-corrected chi connectivity index (χ0v) is 23.7. The van der Waals surface area contributed by atoms with Gasteiger partial charge in [-0.25, -0.2) is 4.79 Å². The Morgan fingerprint density at radius 1 is 0.825 bits per heavy atom. The summed E-state index contributed by atoms with van der Waals surface area (Å²) in [5, 5.41) is 5.88. The molecular formula is C31H38N6O3. The zero-order chi connectivity index (χ0) is 28.4. The molecule has 4 amide bonds. The summed E-state index contributed by atoms with van der Waals surface area (Å²) in [5.74, 6) is -0.0746. The average Bonchev–Trinajstić information content (AvgIpc) is 3.36. The van der Waals surface area contributed by atoms with Crippen LogP contribution in [0.5, 0.6) is 0 Å². The van der Waals surface area contributed by atoms with Crippen LogP contribution in [0, 0.1) is 0 Å². The minimum absolute atomic E-state index is 0.00846. The van der Waals surface area contributed by atoms with Gasteiger partial charge in [-0.1, -0.05) is 24.3 Å². The summed E-state index contributed by atoms with van der Waals surface area (Å²) in [6.45, 7) is 2.84. The summed E-state index contributed by atoms with van der Waals surface area (Å²) in [6, 6.07) is 19.3. The van der Waals surface area contributed by atoms with Gasteiger partial charge in [0, 0.05) is 71.3 Å². The van der Waals surface area contributed by atoms with Crippen molar-refractivity contribution in [1.82, 2.24) is 24.6 Å². The van der Waals surface area contributed by atoms with E-state index in [1.54, 1.807) is 33.1 Å². The molecule has 1 aliphatic carbocycles. The van der Waals surface area contributed by atoms with Crippen molar-refractivity contribution in [2.45, 2.75) is 44.4 Å². The number of hydrogen-bond donors (Lipinski definition) is 2. The van der Waals surface area contributed by atoms with Crippen LogP contribution >= 0.6 is 0 Å². The number of rotatable bonds is 7. The molecule has 0 bridgehead atoms. The number of hydrogen-bond acceptors (Lipinski definition) is 4. The van der Waals surface area contributed by atoms with E-state index in [4.69, 9.17) is 0 Å². The number of aromatic nitrogens is 1. The summed E-state index contributed by atoms with van der Waals surface area (Å²) in [4.78, 5) is 42.9. The summed E-state index contributed by atoms with van der Waals surface area (Å²) >= 11 is 0. The fourth-order valence-corrected chi connectivity index (χ4v) is 5.67. The number of carbonyl (C=O) groups excluding carboxylic acids is 3. The van der Waals surface area contributed by atoms with Gasteiger partial charge in [0.05, 0.1) is 5.54 Å². The maximum absolute atomic E-state index is 13.2. The van der Waals surface area contributed by atoms with Crippen LogP contribution in [0.15, 0.2) is 60.7 Å². The number of benzene rings is 2. The van der Waals surface area contributed by atoms with Gasteiger partial charge in [0.2, 0.25) is 0 Å². The standard InChI is InChI=1S/C31H38N6O3/c1-34(2)29(39)24-10-6-23(7-11-24)21-36-18-19-37-26(14-15-27(37)31(36)16-5-17-31)28(38)32-20-22-8-12-25(13-9-22)33-30(40)35(3)4/h6-15H,5,16-21H2,1-4H3,(H,32,38)(H,33,40). The number of fused-ring (bicyclic) bond motifs is 2. The first-order chi connectivity index (χ1) is 19.2. The lowest BCUT2D eigenvalue weighted by Crippen LogP contribution is -2.56. The molecule has 1 aliphatic heterocycles. The largest absolute Gasteiger partial charge is 0.347 e. The normalized spacial score (nSPS) is 15.6. The number of carbonyl (C=O) groups is 3. The Morgan fingerprint density at radius 3 is 2.10 bits per heavy atom. The number of urea groups is 1. The molecule has 40 heavy (non-hydrogen) atoms. The second-order valence-electron chi connectivity index (χ2n) is 11.2. The Balaban J connectivity index is 1.24. The molecule has 0 radical (unpaired) electrons. The molecule has 9 nitrogen and oxygen atoms in total. The molecule has 3 aromatic rings. The van der Waals surface area contributed by atoms with E-state index in [9.17, 15) is 14.4 Å². The zero-order valence-electron chi connectivity index (χ0n) is 23.7. The third kappa shape index (κ3) is 5.34. The van der Waals surface area contributed by atoms with E-state index >= 15 is 0 Å². The highest BCUT2D eigenvalue weighted by Gasteiger charge is 2.48. The van der Waals surface area contributed by atoms with Gasteiger partial charge in [0.25, 0.3) is 11.8 Å². The van der Waals surface area contributed by atoms with Gasteiger partial charge in [-0.3, -0.25) is 14.5 Å². The molecule has 1 spiro atoms. The van der Waals surface area contributed by atoms with E-state index in [1.807, 2.05) is 42.5 Å². The van der Waals surface area contributed by atoms with Crippen LogP contribution in [0.4, 0.5) is 10.5 Å². The quantitative estimate of drug-likeness (QED) is 0.470. The first-order valence-corrected chi connectivity index (χ1v) is 13.8. The molecule has 9 heteroatoms. The third-order valence-electron chi connectivity index (χ3n) is 8.11. The van der Waals surface area contributed by atoms with Gasteiger partial charge in [-0.2, -0.15) is 0 Å². The second-order valence-corrected chi connectivity index (χ2v) is 11.2. The van der Waals surface area contributed by atoms with E-state index in [-0.39, 0.29) is 23.4 Å². The van der Waals surface area contributed by atoms with Crippen LogP contribution in [-0.4, -0.2) is 71.8 Å². The molecule has 5 rings (SSSR count). The average molecular weight is 543 g/mol. The molecule has 1 aromatic heterocycles. The Morgan fingerprint density at radius 2 is 1.50 bits per heavy atom. The van der Waals surface area contributed by atoms with Crippen molar-refractivity contribution in [3.8, 4) is 0 Å². The monoisotopic (exact) mass is 542 g/mol. The van der Waals surface area contributed by atoms with Crippen LogP contribution in [-0.2, 0) is 25.2 Å². The highest BCUT2D eigenvalue weighted by Crippen LogP contribution is 2.49. The van der Waals surface area contributed by atoms with Gasteiger partial charge >= 0.3 is 6.03 Å². The highest BCUT2D eigenvalue weighted by atomic mass is 16.2. The lowest BCUT2D eigenvalue weighted by atomic mass is 9.71. The molecule has 2 aliphatic rings. The van der Waals surface area contributed by atoms with E-state index < -0.39 is 0 Å². The molecule has 0 saturated heterocycles. The molecule has 0 unspecified atom stereocenters. The molecule has 2 N–H and O–H groups in total. The summed E-state index contributed by atoms with van der Waals surface area (Å²) in [5.41, 5.74) is 5.42. The fourth-order valence-electron chi connectivity index (χ4n) is 5.67. The van der Waals surface area contributed by atoms with E-state index in [0.29, 0.717) is 23.5 Å².